The normalized spacial score (nSPS) is 14.6. The number of hydrogen-bond acceptors (Lipinski definition) is 2. The van der Waals surface area contributed by atoms with Crippen LogP contribution in [0.2, 0.25) is 0 Å². The highest BCUT2D eigenvalue weighted by molar-refractivity contribution is 7.99. The summed E-state index contributed by atoms with van der Waals surface area (Å²) in [7, 11) is 0. The lowest BCUT2D eigenvalue weighted by Gasteiger charge is -2.21. The topological polar surface area (TPSA) is 12.0 Å². The van der Waals surface area contributed by atoms with Gasteiger partial charge in [-0.25, -0.2) is 0 Å². The van der Waals surface area contributed by atoms with Gasteiger partial charge in [0.25, 0.3) is 0 Å². The molecule has 0 saturated heterocycles. The fourth-order valence-electron chi connectivity index (χ4n) is 1.96. The van der Waals surface area contributed by atoms with Gasteiger partial charge in [-0.05, 0) is 55.1 Å². The van der Waals surface area contributed by atoms with Crippen LogP contribution in [-0.4, -0.2) is 18.8 Å². The molecule has 1 rings (SSSR count). The number of nitrogens with one attached hydrogen (secondary N) is 1. The zero-order chi connectivity index (χ0) is 14.1. The van der Waals surface area contributed by atoms with Gasteiger partial charge in [0.15, 0.2) is 0 Å². The molecule has 1 nitrogen and oxygen atoms in total. The van der Waals surface area contributed by atoms with Gasteiger partial charge < -0.3 is 5.32 Å². The van der Waals surface area contributed by atoms with Gasteiger partial charge in [0, 0.05) is 4.90 Å². The van der Waals surface area contributed by atoms with E-state index in [0.717, 1.165) is 30.8 Å². The molecule has 0 radical (unpaired) electrons. The lowest BCUT2D eigenvalue weighted by atomic mass is 9.93. The number of hydrogen-bond donors (Lipinski definition) is 1. The molecule has 0 saturated carbocycles. The van der Waals surface area contributed by atoms with E-state index in [1.807, 2.05) is 11.8 Å². The first kappa shape index (κ1) is 16.6. The van der Waals surface area contributed by atoms with Crippen molar-refractivity contribution in [1.82, 2.24) is 5.32 Å². The fraction of sp³-hybridized carbons (Fsp3) is 0.647. The molecule has 1 N–H and O–H groups in total. The van der Waals surface area contributed by atoms with Crippen molar-refractivity contribution in [3.05, 3.63) is 30.3 Å². The summed E-state index contributed by atoms with van der Waals surface area (Å²) in [6.07, 6.45) is 1.30. The Morgan fingerprint density at radius 1 is 0.947 bits per heavy atom. The second-order valence-corrected chi connectivity index (χ2v) is 7.13. The van der Waals surface area contributed by atoms with Crippen LogP contribution in [0.5, 0.6) is 0 Å². The van der Waals surface area contributed by atoms with E-state index in [4.69, 9.17) is 0 Å². The molecule has 0 aliphatic carbocycles. The quantitative estimate of drug-likeness (QED) is 0.658. The van der Waals surface area contributed by atoms with Gasteiger partial charge in [-0.15, -0.1) is 11.8 Å². The van der Waals surface area contributed by atoms with Crippen LogP contribution in [0, 0.1) is 17.8 Å². The lowest BCUT2D eigenvalue weighted by Crippen LogP contribution is -2.28. The molecule has 1 aromatic carbocycles. The molecule has 0 bridgehead atoms. The Morgan fingerprint density at radius 3 is 2.26 bits per heavy atom. The number of thioether (sulfide) groups is 1. The molecule has 2 unspecified atom stereocenters. The third kappa shape index (κ3) is 7.64. The number of benzene rings is 1. The van der Waals surface area contributed by atoms with Crippen molar-refractivity contribution in [3.63, 3.8) is 0 Å². The largest absolute Gasteiger partial charge is 0.316 e. The van der Waals surface area contributed by atoms with Crippen molar-refractivity contribution in [2.75, 3.05) is 18.8 Å². The maximum Gasteiger partial charge on any atom is 0.00719 e. The van der Waals surface area contributed by atoms with Crippen LogP contribution in [0.25, 0.3) is 0 Å². The van der Waals surface area contributed by atoms with Gasteiger partial charge in [0.1, 0.15) is 0 Å². The molecule has 0 aliphatic heterocycles. The highest BCUT2D eigenvalue weighted by Gasteiger charge is 2.11. The van der Waals surface area contributed by atoms with Gasteiger partial charge in [0.05, 0.1) is 0 Å². The van der Waals surface area contributed by atoms with Crippen molar-refractivity contribution in [2.24, 2.45) is 17.8 Å². The third-order valence-electron chi connectivity index (χ3n) is 3.58. The van der Waals surface area contributed by atoms with Crippen LogP contribution in [0.1, 0.15) is 34.1 Å². The standard InChI is InChI=1S/C17H29NS/c1-14(2)12-18-13-16(4)15(3)10-11-19-17-8-6-5-7-9-17/h5-9,14-16,18H,10-13H2,1-4H3. The van der Waals surface area contributed by atoms with Crippen LogP contribution in [-0.2, 0) is 0 Å². The Balaban J connectivity index is 2.14. The average Bonchev–Trinajstić information content (AvgIpc) is 2.39. The molecule has 0 heterocycles. The van der Waals surface area contributed by atoms with E-state index in [0.29, 0.717) is 0 Å². The molecular weight excluding hydrogens is 250 g/mol. The zero-order valence-electron chi connectivity index (χ0n) is 12.9. The van der Waals surface area contributed by atoms with Gasteiger partial charge in [-0.3, -0.25) is 0 Å². The molecule has 0 amide bonds. The van der Waals surface area contributed by atoms with Gasteiger partial charge in [-0.1, -0.05) is 45.9 Å². The van der Waals surface area contributed by atoms with Gasteiger partial charge in [0.2, 0.25) is 0 Å². The Labute approximate surface area is 123 Å². The van der Waals surface area contributed by atoms with Crippen molar-refractivity contribution in [2.45, 2.75) is 39.0 Å². The monoisotopic (exact) mass is 279 g/mol. The zero-order valence-corrected chi connectivity index (χ0v) is 13.7. The molecule has 2 heteroatoms. The average molecular weight is 279 g/mol. The first-order valence-electron chi connectivity index (χ1n) is 7.48. The Hall–Kier alpha value is -0.470. The Bertz CT molecular complexity index is 323. The summed E-state index contributed by atoms with van der Waals surface area (Å²) < 4.78 is 0. The molecule has 1 aromatic rings. The smallest absolute Gasteiger partial charge is 0.00719 e. The van der Waals surface area contributed by atoms with E-state index < -0.39 is 0 Å². The highest BCUT2D eigenvalue weighted by Crippen LogP contribution is 2.22. The van der Waals surface area contributed by atoms with E-state index in [2.05, 4.69) is 63.3 Å². The van der Waals surface area contributed by atoms with Crippen molar-refractivity contribution in [1.29, 1.82) is 0 Å². The molecule has 0 spiro atoms. The van der Waals surface area contributed by atoms with Crippen molar-refractivity contribution < 1.29 is 0 Å². The van der Waals surface area contributed by atoms with Crippen molar-refractivity contribution in [3.8, 4) is 0 Å². The molecule has 0 aromatic heterocycles. The summed E-state index contributed by atoms with van der Waals surface area (Å²) in [5, 5.41) is 3.57. The Kier molecular flexibility index (Phi) is 8.24. The summed E-state index contributed by atoms with van der Waals surface area (Å²) in [4.78, 5) is 1.39. The third-order valence-corrected chi connectivity index (χ3v) is 4.62. The first-order valence-corrected chi connectivity index (χ1v) is 8.46. The molecular formula is C17H29NS. The predicted octanol–water partition coefficient (Wildman–Crippen LogP) is 4.69. The minimum Gasteiger partial charge on any atom is -0.316 e. The van der Waals surface area contributed by atoms with E-state index in [1.54, 1.807) is 0 Å². The summed E-state index contributed by atoms with van der Waals surface area (Å²) in [5.41, 5.74) is 0. The van der Waals surface area contributed by atoms with Crippen LogP contribution in [0.3, 0.4) is 0 Å². The molecule has 0 fully saturated rings. The fourth-order valence-corrected chi connectivity index (χ4v) is 3.04. The van der Waals surface area contributed by atoms with Gasteiger partial charge >= 0.3 is 0 Å². The summed E-state index contributed by atoms with van der Waals surface area (Å²) in [6.45, 7) is 11.6. The lowest BCUT2D eigenvalue weighted by molar-refractivity contribution is 0.353. The Morgan fingerprint density at radius 2 is 1.63 bits per heavy atom. The van der Waals surface area contributed by atoms with E-state index in [-0.39, 0.29) is 0 Å². The van der Waals surface area contributed by atoms with E-state index >= 15 is 0 Å². The molecule has 0 aliphatic rings. The van der Waals surface area contributed by atoms with E-state index in [9.17, 15) is 0 Å². The minimum absolute atomic E-state index is 0.746. The number of rotatable bonds is 9. The maximum atomic E-state index is 3.57. The minimum atomic E-state index is 0.746. The second-order valence-electron chi connectivity index (χ2n) is 5.96. The maximum absolute atomic E-state index is 3.57. The van der Waals surface area contributed by atoms with Gasteiger partial charge in [-0.2, -0.15) is 0 Å². The van der Waals surface area contributed by atoms with E-state index in [1.165, 1.54) is 17.1 Å². The van der Waals surface area contributed by atoms with Crippen molar-refractivity contribution >= 4 is 11.8 Å². The van der Waals surface area contributed by atoms with Crippen LogP contribution in [0.4, 0.5) is 0 Å². The first-order chi connectivity index (χ1) is 9.09. The van der Waals surface area contributed by atoms with Crippen LogP contribution < -0.4 is 5.32 Å². The highest BCUT2D eigenvalue weighted by atomic mass is 32.2. The van der Waals surface area contributed by atoms with Crippen LogP contribution >= 0.6 is 11.8 Å². The molecule has 108 valence electrons. The SMILES string of the molecule is CC(C)CNCC(C)C(C)CCSc1ccccc1. The summed E-state index contributed by atoms with van der Waals surface area (Å²) >= 11 is 1.97. The molecule has 2 atom stereocenters. The van der Waals surface area contributed by atoms with Crippen LogP contribution in [0.15, 0.2) is 35.2 Å². The molecule has 19 heavy (non-hydrogen) atoms. The predicted molar refractivity (Wildman–Crippen MR) is 87.8 cm³/mol. The second kappa shape index (κ2) is 9.44. The summed E-state index contributed by atoms with van der Waals surface area (Å²) in [6, 6.07) is 10.7. The summed E-state index contributed by atoms with van der Waals surface area (Å²) in [5.74, 6) is 3.52.